The number of nitrogens with zero attached hydrogens (tertiary/aromatic N) is 1. The number of amides is 1. The Kier molecular flexibility index (Phi) is 4.05. The minimum atomic E-state index is -0.298. The molecule has 0 spiro atoms. The van der Waals surface area contributed by atoms with Crippen LogP contribution in [-0.4, -0.2) is 49.2 Å². The summed E-state index contributed by atoms with van der Waals surface area (Å²) in [6.07, 6.45) is 5.42. The third kappa shape index (κ3) is 2.63. The van der Waals surface area contributed by atoms with Gasteiger partial charge in [-0.25, -0.2) is 0 Å². The Labute approximate surface area is 104 Å². The molecule has 2 fully saturated rings. The summed E-state index contributed by atoms with van der Waals surface area (Å²) in [6.45, 7) is 4.65. The van der Waals surface area contributed by atoms with E-state index in [0.29, 0.717) is 0 Å². The third-order valence-electron chi connectivity index (χ3n) is 4.10. The van der Waals surface area contributed by atoms with E-state index in [-0.39, 0.29) is 17.6 Å². The van der Waals surface area contributed by atoms with E-state index < -0.39 is 0 Å². The molecule has 0 radical (unpaired) electrons. The SMILES string of the molecule is CCC1(C(=O)N(C)CC2CCCO2)CCCN1. The smallest absolute Gasteiger partial charge is 0.242 e. The molecule has 1 amide bonds. The topological polar surface area (TPSA) is 41.6 Å². The van der Waals surface area contributed by atoms with E-state index in [9.17, 15) is 4.79 Å². The Morgan fingerprint density at radius 2 is 2.35 bits per heavy atom. The molecule has 0 aromatic heterocycles. The van der Waals surface area contributed by atoms with E-state index in [1.165, 1.54) is 0 Å². The van der Waals surface area contributed by atoms with Crippen molar-refractivity contribution in [2.75, 3.05) is 26.7 Å². The van der Waals surface area contributed by atoms with Gasteiger partial charge in [0.2, 0.25) is 5.91 Å². The first-order valence-corrected chi connectivity index (χ1v) is 6.80. The molecular weight excluding hydrogens is 216 g/mol. The highest BCUT2D eigenvalue weighted by Crippen LogP contribution is 2.25. The molecule has 98 valence electrons. The van der Waals surface area contributed by atoms with Crippen molar-refractivity contribution in [2.24, 2.45) is 0 Å². The van der Waals surface area contributed by atoms with Crippen molar-refractivity contribution in [3.05, 3.63) is 0 Å². The lowest BCUT2D eigenvalue weighted by atomic mass is 9.92. The summed E-state index contributed by atoms with van der Waals surface area (Å²) in [7, 11) is 1.90. The summed E-state index contributed by atoms with van der Waals surface area (Å²) in [6, 6.07) is 0. The molecule has 0 aromatic carbocycles. The van der Waals surface area contributed by atoms with Gasteiger partial charge < -0.3 is 15.0 Å². The van der Waals surface area contributed by atoms with E-state index in [1.54, 1.807) is 0 Å². The number of rotatable bonds is 4. The summed E-state index contributed by atoms with van der Waals surface area (Å²) in [5.74, 6) is 0.244. The molecule has 2 atom stereocenters. The van der Waals surface area contributed by atoms with Crippen LogP contribution in [0, 0.1) is 0 Å². The molecule has 2 saturated heterocycles. The predicted octanol–water partition coefficient (Wildman–Crippen LogP) is 1.16. The molecule has 2 aliphatic heterocycles. The van der Waals surface area contributed by atoms with Crippen LogP contribution >= 0.6 is 0 Å². The highest BCUT2D eigenvalue weighted by molar-refractivity contribution is 5.86. The molecule has 4 nitrogen and oxygen atoms in total. The number of likely N-dealkylation sites (N-methyl/N-ethyl adjacent to an activating group) is 1. The van der Waals surface area contributed by atoms with Crippen LogP contribution in [0.2, 0.25) is 0 Å². The minimum absolute atomic E-state index is 0.244. The van der Waals surface area contributed by atoms with Gasteiger partial charge in [0.05, 0.1) is 11.6 Å². The van der Waals surface area contributed by atoms with E-state index in [4.69, 9.17) is 4.74 Å². The van der Waals surface area contributed by atoms with Crippen LogP contribution < -0.4 is 5.32 Å². The quantitative estimate of drug-likeness (QED) is 0.801. The first-order valence-electron chi connectivity index (χ1n) is 6.80. The summed E-state index contributed by atoms with van der Waals surface area (Å²) in [5, 5.41) is 3.39. The van der Waals surface area contributed by atoms with Gasteiger partial charge in [0.25, 0.3) is 0 Å². The average molecular weight is 240 g/mol. The van der Waals surface area contributed by atoms with Gasteiger partial charge in [-0.3, -0.25) is 4.79 Å². The van der Waals surface area contributed by atoms with Crippen LogP contribution in [0.25, 0.3) is 0 Å². The number of hydrogen-bond donors (Lipinski definition) is 1. The number of nitrogens with one attached hydrogen (secondary N) is 1. The third-order valence-corrected chi connectivity index (χ3v) is 4.10. The van der Waals surface area contributed by atoms with Gasteiger partial charge in [0.15, 0.2) is 0 Å². The fourth-order valence-corrected chi connectivity index (χ4v) is 2.98. The van der Waals surface area contributed by atoms with E-state index >= 15 is 0 Å². The van der Waals surface area contributed by atoms with Crippen molar-refractivity contribution in [3.8, 4) is 0 Å². The average Bonchev–Trinajstić information content (AvgIpc) is 2.99. The second kappa shape index (κ2) is 5.36. The zero-order valence-electron chi connectivity index (χ0n) is 11.0. The molecule has 2 rings (SSSR count). The maximum Gasteiger partial charge on any atom is 0.242 e. The summed E-state index contributed by atoms with van der Waals surface area (Å²) < 4.78 is 5.59. The number of ether oxygens (including phenoxy) is 1. The Bertz CT molecular complexity index is 269. The molecule has 0 bridgehead atoms. The largest absolute Gasteiger partial charge is 0.376 e. The molecule has 0 aromatic rings. The highest BCUT2D eigenvalue weighted by atomic mass is 16.5. The van der Waals surface area contributed by atoms with Gasteiger partial charge in [-0.2, -0.15) is 0 Å². The monoisotopic (exact) mass is 240 g/mol. The van der Waals surface area contributed by atoms with Crippen LogP contribution in [0.15, 0.2) is 0 Å². The van der Waals surface area contributed by atoms with Crippen molar-refractivity contribution in [1.29, 1.82) is 0 Å². The lowest BCUT2D eigenvalue weighted by molar-refractivity contribution is -0.138. The summed E-state index contributed by atoms with van der Waals surface area (Å²) >= 11 is 0. The molecule has 4 heteroatoms. The maximum absolute atomic E-state index is 12.5. The standard InChI is InChI=1S/C13H24N2O2/c1-3-13(7-5-8-14-13)12(16)15(2)10-11-6-4-9-17-11/h11,14H,3-10H2,1-2H3. The molecule has 0 aliphatic carbocycles. The second-order valence-corrected chi connectivity index (χ2v) is 5.29. The number of carbonyl (C=O) groups excluding carboxylic acids is 1. The Hall–Kier alpha value is -0.610. The fourth-order valence-electron chi connectivity index (χ4n) is 2.98. The Balaban J connectivity index is 1.93. The van der Waals surface area contributed by atoms with Crippen molar-refractivity contribution >= 4 is 5.91 Å². The first kappa shape index (κ1) is 12.8. The van der Waals surface area contributed by atoms with Gasteiger partial charge >= 0.3 is 0 Å². The Morgan fingerprint density at radius 3 is 2.88 bits per heavy atom. The number of hydrogen-bond acceptors (Lipinski definition) is 3. The Morgan fingerprint density at radius 1 is 1.53 bits per heavy atom. The number of carbonyl (C=O) groups is 1. The maximum atomic E-state index is 12.5. The van der Waals surface area contributed by atoms with E-state index in [1.807, 2.05) is 11.9 Å². The molecule has 1 N–H and O–H groups in total. The van der Waals surface area contributed by atoms with Crippen LogP contribution in [-0.2, 0) is 9.53 Å². The second-order valence-electron chi connectivity index (χ2n) is 5.29. The summed E-state index contributed by atoms with van der Waals surface area (Å²) in [5.41, 5.74) is -0.298. The van der Waals surface area contributed by atoms with Crippen molar-refractivity contribution in [1.82, 2.24) is 10.2 Å². The van der Waals surface area contributed by atoms with Gasteiger partial charge in [0, 0.05) is 20.2 Å². The van der Waals surface area contributed by atoms with Crippen molar-refractivity contribution in [3.63, 3.8) is 0 Å². The van der Waals surface area contributed by atoms with Gasteiger partial charge in [-0.1, -0.05) is 6.92 Å². The van der Waals surface area contributed by atoms with E-state index in [2.05, 4.69) is 12.2 Å². The highest BCUT2D eigenvalue weighted by Gasteiger charge is 2.41. The zero-order valence-corrected chi connectivity index (χ0v) is 11.0. The van der Waals surface area contributed by atoms with Crippen LogP contribution in [0.4, 0.5) is 0 Å². The molecule has 2 heterocycles. The van der Waals surface area contributed by atoms with Gasteiger partial charge in [-0.05, 0) is 38.6 Å². The minimum Gasteiger partial charge on any atom is -0.376 e. The lowest BCUT2D eigenvalue weighted by Gasteiger charge is -2.32. The molecular formula is C13H24N2O2. The molecule has 0 saturated carbocycles. The summed E-state index contributed by atoms with van der Waals surface area (Å²) in [4.78, 5) is 14.4. The van der Waals surface area contributed by atoms with Crippen molar-refractivity contribution < 1.29 is 9.53 Å². The fraction of sp³-hybridized carbons (Fsp3) is 0.923. The normalized spacial score (nSPS) is 32.9. The van der Waals surface area contributed by atoms with Crippen LogP contribution in [0.5, 0.6) is 0 Å². The van der Waals surface area contributed by atoms with E-state index in [0.717, 1.165) is 51.8 Å². The van der Waals surface area contributed by atoms with Gasteiger partial charge in [-0.15, -0.1) is 0 Å². The van der Waals surface area contributed by atoms with Crippen LogP contribution in [0.1, 0.15) is 39.0 Å². The van der Waals surface area contributed by atoms with Crippen LogP contribution in [0.3, 0.4) is 0 Å². The van der Waals surface area contributed by atoms with Gasteiger partial charge in [0.1, 0.15) is 0 Å². The lowest BCUT2D eigenvalue weighted by Crippen LogP contribution is -2.54. The first-order chi connectivity index (χ1) is 8.18. The van der Waals surface area contributed by atoms with Crippen molar-refractivity contribution in [2.45, 2.75) is 50.7 Å². The predicted molar refractivity (Wildman–Crippen MR) is 66.9 cm³/mol. The molecule has 2 unspecified atom stereocenters. The molecule has 17 heavy (non-hydrogen) atoms. The molecule has 2 aliphatic rings. The zero-order chi connectivity index (χ0) is 12.3.